The van der Waals surface area contributed by atoms with Gasteiger partial charge in [-0.05, 0) is 5.92 Å². The summed E-state index contributed by atoms with van der Waals surface area (Å²) in [4.78, 5) is 11.1. The van der Waals surface area contributed by atoms with E-state index in [9.17, 15) is 4.79 Å². The van der Waals surface area contributed by atoms with Gasteiger partial charge in [0.15, 0.2) is 0 Å². The Bertz CT molecular complexity index is 457. The van der Waals surface area contributed by atoms with Crippen LogP contribution in [0.3, 0.4) is 0 Å². The van der Waals surface area contributed by atoms with Crippen LogP contribution in [0.15, 0.2) is 11.1 Å². The molecule has 0 atom stereocenters. The summed E-state index contributed by atoms with van der Waals surface area (Å²) >= 11 is 0. The summed E-state index contributed by atoms with van der Waals surface area (Å²) in [5, 5.41) is 34.8. The molecule has 6 nitrogen and oxygen atoms in total. The first kappa shape index (κ1) is 13.2. The maximum Gasteiger partial charge on any atom is 1.00 e. The summed E-state index contributed by atoms with van der Waals surface area (Å²) in [6.07, 6.45) is 0. The van der Waals surface area contributed by atoms with E-state index in [2.05, 4.69) is 0 Å². The van der Waals surface area contributed by atoms with Crippen LogP contribution in [0.1, 0.15) is 0 Å². The molecule has 0 radical (unpaired) electrons. The second kappa shape index (κ2) is 5.19. The predicted molar refractivity (Wildman–Crippen MR) is 43.0 cm³/mol. The molecular weight excluding hydrogens is 205 g/mol. The number of carbonyl (C=O) groups excluding carboxylic acids is 1. The van der Waals surface area contributed by atoms with Gasteiger partial charge in [0.05, 0.1) is 5.84 Å². The molecule has 0 aromatic carbocycles. The van der Waals surface area contributed by atoms with Crippen molar-refractivity contribution in [1.82, 2.24) is 5.32 Å². The van der Waals surface area contributed by atoms with Crippen molar-refractivity contribution in [3.8, 4) is 18.2 Å². The molecule has 0 aliphatic carbocycles. The first-order chi connectivity index (χ1) is 6.65. The Labute approximate surface area is 108 Å². The Kier molecular flexibility index (Phi) is 4.57. The molecule has 7 heteroatoms. The molecule has 66 valence electrons. The van der Waals surface area contributed by atoms with Gasteiger partial charge in [-0.15, -0.1) is 0 Å². The number of nitrogens with zero attached hydrogens (tertiary/aromatic N) is 3. The minimum Gasteiger partial charge on any atom is -0.370 e. The summed E-state index contributed by atoms with van der Waals surface area (Å²) in [5.74, 6) is -1.41. The van der Waals surface area contributed by atoms with Crippen LogP contribution in [-0.4, -0.2) is 11.7 Å². The van der Waals surface area contributed by atoms with E-state index < -0.39 is 11.5 Å². The van der Waals surface area contributed by atoms with Crippen LogP contribution < -0.4 is 34.9 Å². The zero-order valence-corrected chi connectivity index (χ0v) is 9.75. The number of nitrogens with one attached hydrogen (secondary N) is 2. The Hall–Kier alpha value is -1.78. The van der Waals surface area contributed by atoms with Crippen LogP contribution in [0.25, 0.3) is 0 Å². The van der Waals surface area contributed by atoms with Gasteiger partial charge in [0.25, 0.3) is 0 Å². The minimum absolute atomic E-state index is 0. The van der Waals surface area contributed by atoms with E-state index in [1.165, 1.54) is 12.1 Å². The SMILES string of the molecule is N#CC(C#N)=C1C(=O)NC(=N)[C-]1C#N.[Na+]. The fourth-order valence-corrected chi connectivity index (χ4v) is 0.964. The first-order valence-corrected chi connectivity index (χ1v) is 3.37. The van der Waals surface area contributed by atoms with Crippen molar-refractivity contribution in [2.24, 2.45) is 0 Å². The molecule has 1 rings (SSSR count). The van der Waals surface area contributed by atoms with E-state index in [1.807, 2.05) is 5.32 Å². The first-order valence-electron chi connectivity index (χ1n) is 3.37. The van der Waals surface area contributed by atoms with Crippen molar-refractivity contribution >= 4 is 11.7 Å². The third-order valence-corrected chi connectivity index (χ3v) is 1.55. The Morgan fingerprint density at radius 2 is 1.87 bits per heavy atom. The molecule has 15 heavy (non-hydrogen) atoms. The third-order valence-electron chi connectivity index (χ3n) is 1.55. The summed E-state index contributed by atoms with van der Waals surface area (Å²) in [7, 11) is 0. The number of nitriles is 3. The van der Waals surface area contributed by atoms with Gasteiger partial charge < -0.3 is 10.1 Å². The smallest absolute Gasteiger partial charge is 0.370 e. The molecule has 1 fully saturated rings. The predicted octanol–water partition coefficient (Wildman–Crippen LogP) is -3.46. The van der Waals surface area contributed by atoms with Gasteiger partial charge in [-0.25, -0.2) is 15.8 Å². The quantitative estimate of drug-likeness (QED) is 0.185. The molecule has 0 aromatic heterocycles. The van der Waals surface area contributed by atoms with Crippen molar-refractivity contribution in [1.29, 1.82) is 21.2 Å². The van der Waals surface area contributed by atoms with Crippen molar-refractivity contribution in [3.63, 3.8) is 0 Å². The second-order valence-corrected chi connectivity index (χ2v) is 2.29. The maximum atomic E-state index is 11.1. The zero-order chi connectivity index (χ0) is 10.7. The topological polar surface area (TPSA) is 124 Å². The number of amides is 1. The van der Waals surface area contributed by atoms with Gasteiger partial charge in [0.1, 0.15) is 5.91 Å². The molecule has 0 unspecified atom stereocenters. The van der Waals surface area contributed by atoms with Crippen LogP contribution >= 0.6 is 0 Å². The van der Waals surface area contributed by atoms with Crippen LogP contribution in [0, 0.1) is 45.3 Å². The van der Waals surface area contributed by atoms with Gasteiger partial charge >= 0.3 is 29.6 Å². The summed E-state index contributed by atoms with van der Waals surface area (Å²) < 4.78 is 0. The minimum atomic E-state index is -0.760. The maximum absolute atomic E-state index is 11.1. The number of allylic oxidation sites excluding steroid dienone is 1. The molecule has 0 saturated carbocycles. The molecular formula is C8H2N5NaO. The molecule has 0 aromatic rings. The fourth-order valence-electron chi connectivity index (χ4n) is 0.964. The van der Waals surface area contributed by atoms with E-state index in [4.69, 9.17) is 21.2 Å². The number of rotatable bonds is 0. The van der Waals surface area contributed by atoms with Gasteiger partial charge in [-0.3, -0.25) is 5.41 Å². The average Bonchev–Trinajstić information content (AvgIpc) is 2.44. The van der Waals surface area contributed by atoms with Crippen LogP contribution in [0.2, 0.25) is 0 Å². The molecule has 2 N–H and O–H groups in total. The van der Waals surface area contributed by atoms with Gasteiger partial charge in [0.2, 0.25) is 0 Å². The Morgan fingerprint density at radius 1 is 1.33 bits per heavy atom. The normalized spacial score (nSPS) is 13.1. The summed E-state index contributed by atoms with van der Waals surface area (Å²) in [5.41, 5.74) is -0.774. The van der Waals surface area contributed by atoms with Gasteiger partial charge in [0, 0.05) is 23.8 Å². The standard InChI is InChI=1S/C8H2N5O.Na/c9-1-4(2-10)6-5(3-11)7(12)13-8(6)14;/h(H2,12,13,14);/q-1;+1. The van der Waals surface area contributed by atoms with E-state index in [0.29, 0.717) is 0 Å². The summed E-state index contributed by atoms with van der Waals surface area (Å²) in [6, 6.07) is 4.59. The Balaban J connectivity index is 0.00000196. The van der Waals surface area contributed by atoms with Gasteiger partial charge in [-0.2, -0.15) is 0 Å². The number of hydrogen-bond donors (Lipinski definition) is 2. The number of hydrogen-bond acceptors (Lipinski definition) is 5. The molecule has 1 saturated heterocycles. The van der Waals surface area contributed by atoms with Crippen molar-refractivity contribution in [3.05, 3.63) is 17.1 Å². The molecule has 1 heterocycles. The van der Waals surface area contributed by atoms with Crippen molar-refractivity contribution in [2.45, 2.75) is 0 Å². The second-order valence-electron chi connectivity index (χ2n) is 2.29. The summed E-state index contributed by atoms with van der Waals surface area (Å²) in [6.45, 7) is 0. The molecule has 0 bridgehead atoms. The van der Waals surface area contributed by atoms with E-state index in [-0.39, 0.29) is 46.9 Å². The van der Waals surface area contributed by atoms with E-state index in [0.717, 1.165) is 0 Å². The molecule has 1 aliphatic rings. The monoisotopic (exact) mass is 207 g/mol. The molecule has 1 amide bonds. The van der Waals surface area contributed by atoms with Crippen LogP contribution in [0.5, 0.6) is 0 Å². The average molecular weight is 207 g/mol. The van der Waals surface area contributed by atoms with Crippen LogP contribution in [-0.2, 0) is 4.79 Å². The van der Waals surface area contributed by atoms with Crippen molar-refractivity contribution < 1.29 is 34.4 Å². The number of carbonyl (C=O) groups is 1. The third kappa shape index (κ3) is 2.18. The van der Waals surface area contributed by atoms with Gasteiger partial charge in [-0.1, -0.05) is 5.57 Å². The van der Waals surface area contributed by atoms with Crippen molar-refractivity contribution in [2.75, 3.05) is 0 Å². The van der Waals surface area contributed by atoms with Crippen LogP contribution in [0.4, 0.5) is 0 Å². The molecule has 1 aliphatic heterocycles. The van der Waals surface area contributed by atoms with E-state index >= 15 is 0 Å². The van der Waals surface area contributed by atoms with E-state index in [1.54, 1.807) is 6.07 Å². The fraction of sp³-hybridized carbons (Fsp3) is 0. The zero-order valence-electron chi connectivity index (χ0n) is 7.75. The number of amidine groups is 1. The molecule has 0 spiro atoms. The largest absolute Gasteiger partial charge is 1.00 e. The Morgan fingerprint density at radius 3 is 2.27 bits per heavy atom.